The Hall–Kier alpha value is -1.44. The van der Waals surface area contributed by atoms with Crippen LogP contribution in [0.1, 0.15) is 10.4 Å². The van der Waals surface area contributed by atoms with Crippen molar-refractivity contribution in [3.05, 3.63) is 56.4 Å². The number of nitrogens with zero attached hydrogens (tertiary/aromatic N) is 2. The summed E-state index contributed by atoms with van der Waals surface area (Å²) in [7, 11) is 0. The van der Waals surface area contributed by atoms with E-state index in [9.17, 15) is 9.18 Å². The number of halogens is 2. The molecule has 1 saturated heterocycles. The molecule has 1 fully saturated rings. The minimum Gasteiger partial charge on any atom is -0.338 e. The Morgan fingerprint density at radius 1 is 1.12 bits per heavy atom. The number of benzene rings is 1. The van der Waals surface area contributed by atoms with Crippen LogP contribution >= 0.6 is 27.3 Å². The van der Waals surface area contributed by atoms with Gasteiger partial charge in [0.05, 0.1) is 3.79 Å². The van der Waals surface area contributed by atoms with Crippen molar-refractivity contribution in [2.24, 2.45) is 0 Å². The normalized spacial score (nSPS) is 15.4. The van der Waals surface area contributed by atoms with Crippen LogP contribution < -0.4 is 5.32 Å². The molecule has 0 aliphatic carbocycles. The molecule has 2 amide bonds. The SMILES string of the molecule is O=C(NCCc1ccc(F)cc1)N1CCN(Cc2ccc(Br)s2)CC1. The van der Waals surface area contributed by atoms with Gasteiger partial charge in [0, 0.05) is 44.1 Å². The van der Waals surface area contributed by atoms with E-state index < -0.39 is 0 Å². The first-order valence-electron chi connectivity index (χ1n) is 8.34. The lowest BCUT2D eigenvalue weighted by Crippen LogP contribution is -2.51. The van der Waals surface area contributed by atoms with Gasteiger partial charge >= 0.3 is 6.03 Å². The summed E-state index contributed by atoms with van der Waals surface area (Å²) in [4.78, 5) is 17.8. The van der Waals surface area contributed by atoms with Gasteiger partial charge in [-0.25, -0.2) is 9.18 Å². The van der Waals surface area contributed by atoms with E-state index in [1.165, 1.54) is 17.0 Å². The molecule has 0 bridgehead atoms. The quantitative estimate of drug-likeness (QED) is 0.791. The fraction of sp³-hybridized carbons (Fsp3) is 0.389. The van der Waals surface area contributed by atoms with E-state index in [0.717, 1.165) is 42.1 Å². The molecule has 0 saturated carbocycles. The average Bonchev–Trinajstić information content (AvgIpc) is 3.02. The van der Waals surface area contributed by atoms with Crippen molar-refractivity contribution in [2.45, 2.75) is 13.0 Å². The van der Waals surface area contributed by atoms with Crippen molar-refractivity contribution < 1.29 is 9.18 Å². The zero-order chi connectivity index (χ0) is 17.6. The van der Waals surface area contributed by atoms with E-state index in [2.05, 4.69) is 38.3 Å². The first-order chi connectivity index (χ1) is 12.1. The Kier molecular flexibility index (Phi) is 6.45. The predicted octanol–water partition coefficient (Wildman–Crippen LogP) is 3.72. The topological polar surface area (TPSA) is 35.6 Å². The average molecular weight is 426 g/mol. The van der Waals surface area contributed by atoms with Crippen LogP contribution in [0.5, 0.6) is 0 Å². The summed E-state index contributed by atoms with van der Waals surface area (Å²) in [5.74, 6) is -0.236. The van der Waals surface area contributed by atoms with Crippen molar-refractivity contribution in [2.75, 3.05) is 32.7 Å². The number of piperazine rings is 1. The molecule has 0 radical (unpaired) electrons. The summed E-state index contributed by atoms with van der Waals surface area (Å²) in [6, 6.07) is 10.6. The predicted molar refractivity (Wildman–Crippen MR) is 102 cm³/mol. The zero-order valence-corrected chi connectivity index (χ0v) is 16.3. The van der Waals surface area contributed by atoms with Crippen molar-refractivity contribution in [1.29, 1.82) is 0 Å². The maximum absolute atomic E-state index is 12.9. The van der Waals surface area contributed by atoms with E-state index in [4.69, 9.17) is 0 Å². The van der Waals surface area contributed by atoms with Crippen LogP contribution in [0.15, 0.2) is 40.2 Å². The van der Waals surface area contributed by atoms with Crippen LogP contribution in [0.2, 0.25) is 0 Å². The fourth-order valence-electron chi connectivity index (χ4n) is 2.84. The number of urea groups is 1. The molecule has 134 valence electrons. The highest BCUT2D eigenvalue weighted by Crippen LogP contribution is 2.23. The summed E-state index contributed by atoms with van der Waals surface area (Å²) in [5.41, 5.74) is 1.02. The monoisotopic (exact) mass is 425 g/mol. The van der Waals surface area contributed by atoms with Gasteiger partial charge in [0.1, 0.15) is 5.82 Å². The third-order valence-corrected chi connectivity index (χ3v) is 5.88. The van der Waals surface area contributed by atoms with Gasteiger partial charge in [0.2, 0.25) is 0 Å². The molecule has 4 nitrogen and oxygen atoms in total. The number of rotatable bonds is 5. The van der Waals surface area contributed by atoms with E-state index in [1.54, 1.807) is 23.5 Å². The number of carbonyl (C=O) groups is 1. The van der Waals surface area contributed by atoms with Gasteiger partial charge < -0.3 is 10.2 Å². The standard InChI is InChI=1S/C18H21BrFN3OS/c19-17-6-5-16(25-17)13-22-9-11-23(12-10-22)18(24)21-8-7-14-1-3-15(20)4-2-14/h1-6H,7-13H2,(H,21,24). The molecule has 3 rings (SSSR count). The summed E-state index contributed by atoms with van der Waals surface area (Å²) in [5, 5.41) is 2.95. The molecule has 1 aliphatic rings. The molecule has 1 aromatic heterocycles. The Morgan fingerprint density at radius 2 is 1.84 bits per heavy atom. The van der Waals surface area contributed by atoms with Gasteiger partial charge in [-0.3, -0.25) is 4.90 Å². The molecule has 0 spiro atoms. The molecule has 1 N–H and O–H groups in total. The highest BCUT2D eigenvalue weighted by molar-refractivity contribution is 9.11. The van der Waals surface area contributed by atoms with Crippen LogP contribution in [-0.2, 0) is 13.0 Å². The van der Waals surface area contributed by atoms with Gasteiger partial charge in [-0.15, -0.1) is 11.3 Å². The molecule has 0 atom stereocenters. The third-order valence-electron chi connectivity index (χ3n) is 4.27. The highest BCUT2D eigenvalue weighted by atomic mass is 79.9. The van der Waals surface area contributed by atoms with Crippen LogP contribution in [0.4, 0.5) is 9.18 Å². The summed E-state index contributed by atoms with van der Waals surface area (Å²) in [6.07, 6.45) is 0.708. The van der Waals surface area contributed by atoms with Crippen molar-refractivity contribution in [1.82, 2.24) is 15.1 Å². The molecule has 7 heteroatoms. The second-order valence-corrected chi connectivity index (χ2v) is 8.62. The molecular weight excluding hydrogens is 405 g/mol. The van der Waals surface area contributed by atoms with E-state index in [-0.39, 0.29) is 11.8 Å². The van der Waals surface area contributed by atoms with Crippen molar-refractivity contribution >= 4 is 33.3 Å². The smallest absolute Gasteiger partial charge is 0.317 e. The first kappa shape index (κ1) is 18.4. The van der Waals surface area contributed by atoms with E-state index >= 15 is 0 Å². The number of hydrogen-bond donors (Lipinski definition) is 1. The molecule has 2 aromatic rings. The minimum absolute atomic E-state index is 0.0133. The third kappa shape index (κ3) is 5.52. The fourth-order valence-corrected chi connectivity index (χ4v) is 4.37. The Morgan fingerprint density at radius 3 is 2.48 bits per heavy atom. The van der Waals surface area contributed by atoms with Crippen LogP contribution in [0.3, 0.4) is 0 Å². The number of carbonyl (C=O) groups excluding carboxylic acids is 1. The molecule has 0 unspecified atom stereocenters. The lowest BCUT2D eigenvalue weighted by molar-refractivity contribution is 0.136. The lowest BCUT2D eigenvalue weighted by Gasteiger charge is -2.34. The lowest BCUT2D eigenvalue weighted by atomic mass is 10.1. The molecule has 1 aromatic carbocycles. The number of hydrogen-bond acceptors (Lipinski definition) is 3. The highest BCUT2D eigenvalue weighted by Gasteiger charge is 2.21. The minimum atomic E-state index is -0.236. The van der Waals surface area contributed by atoms with Gasteiger partial charge in [-0.1, -0.05) is 12.1 Å². The number of amides is 2. The number of thiophene rings is 1. The van der Waals surface area contributed by atoms with Crippen LogP contribution in [0.25, 0.3) is 0 Å². The maximum Gasteiger partial charge on any atom is 0.317 e. The molecule has 25 heavy (non-hydrogen) atoms. The zero-order valence-electron chi connectivity index (χ0n) is 13.9. The van der Waals surface area contributed by atoms with E-state index in [0.29, 0.717) is 13.0 Å². The van der Waals surface area contributed by atoms with Crippen LogP contribution in [-0.4, -0.2) is 48.6 Å². The first-order valence-corrected chi connectivity index (χ1v) is 9.95. The second-order valence-electron chi connectivity index (χ2n) is 6.08. The molecule has 2 heterocycles. The molecule has 1 aliphatic heterocycles. The van der Waals surface area contributed by atoms with E-state index in [1.807, 2.05) is 4.90 Å². The van der Waals surface area contributed by atoms with Gasteiger partial charge in [0.25, 0.3) is 0 Å². The Balaban J connectivity index is 1.37. The summed E-state index contributed by atoms with van der Waals surface area (Å²) >= 11 is 5.25. The number of nitrogens with one attached hydrogen (secondary N) is 1. The summed E-state index contributed by atoms with van der Waals surface area (Å²) < 4.78 is 14.0. The van der Waals surface area contributed by atoms with Gasteiger partial charge in [0.15, 0.2) is 0 Å². The van der Waals surface area contributed by atoms with Crippen molar-refractivity contribution in [3.8, 4) is 0 Å². The van der Waals surface area contributed by atoms with Gasteiger partial charge in [-0.2, -0.15) is 0 Å². The Bertz CT molecular complexity index is 699. The Labute approximate surface area is 159 Å². The second kappa shape index (κ2) is 8.78. The molecular formula is C18H21BrFN3OS. The van der Waals surface area contributed by atoms with Crippen LogP contribution in [0, 0.1) is 5.82 Å². The largest absolute Gasteiger partial charge is 0.338 e. The van der Waals surface area contributed by atoms with Gasteiger partial charge in [-0.05, 0) is 52.2 Å². The van der Waals surface area contributed by atoms with Crippen molar-refractivity contribution in [3.63, 3.8) is 0 Å². The summed E-state index contributed by atoms with van der Waals surface area (Å²) in [6.45, 7) is 4.77. The maximum atomic E-state index is 12.9.